The molecular formula is C15H17BrF2N2S. The van der Waals surface area contributed by atoms with Gasteiger partial charge in [0.25, 0.3) is 0 Å². The molecule has 0 aliphatic rings. The Morgan fingerprint density at radius 2 is 2.10 bits per heavy atom. The fourth-order valence-electron chi connectivity index (χ4n) is 2.21. The molecule has 1 atom stereocenters. The van der Waals surface area contributed by atoms with Gasteiger partial charge in [-0.25, -0.2) is 13.8 Å². The summed E-state index contributed by atoms with van der Waals surface area (Å²) in [4.78, 5) is 4.42. The summed E-state index contributed by atoms with van der Waals surface area (Å²) in [5.41, 5.74) is 1.09. The van der Waals surface area contributed by atoms with Crippen LogP contribution in [-0.2, 0) is 12.8 Å². The molecule has 0 fully saturated rings. The van der Waals surface area contributed by atoms with Crippen molar-refractivity contribution < 1.29 is 8.78 Å². The predicted octanol–water partition coefficient (Wildman–Crippen LogP) is 4.26. The number of nitrogens with one attached hydrogen (secondary N) is 1. The molecule has 1 heterocycles. The van der Waals surface area contributed by atoms with Gasteiger partial charge in [0.05, 0.1) is 9.48 Å². The fraction of sp³-hybridized carbons (Fsp3) is 0.400. The van der Waals surface area contributed by atoms with E-state index in [1.807, 2.05) is 19.2 Å². The number of likely N-dealkylation sites (N-methyl/N-ethyl adjacent to an activating group) is 1. The minimum absolute atomic E-state index is 0.0427. The van der Waals surface area contributed by atoms with E-state index in [4.69, 9.17) is 0 Å². The average molecular weight is 375 g/mol. The molecule has 0 bridgehead atoms. The lowest BCUT2D eigenvalue weighted by atomic mass is 10.0. The van der Waals surface area contributed by atoms with E-state index in [-0.39, 0.29) is 11.6 Å². The van der Waals surface area contributed by atoms with Crippen molar-refractivity contribution in [1.29, 1.82) is 0 Å². The van der Waals surface area contributed by atoms with Crippen LogP contribution in [0.5, 0.6) is 0 Å². The van der Waals surface area contributed by atoms with Crippen LogP contribution in [0.3, 0.4) is 0 Å². The lowest BCUT2D eigenvalue weighted by molar-refractivity contribution is 0.482. The van der Waals surface area contributed by atoms with Crippen molar-refractivity contribution in [2.45, 2.75) is 32.7 Å². The topological polar surface area (TPSA) is 24.9 Å². The van der Waals surface area contributed by atoms with Crippen molar-refractivity contribution in [2.75, 3.05) is 6.54 Å². The van der Waals surface area contributed by atoms with Gasteiger partial charge in [-0.1, -0.05) is 6.92 Å². The number of hydrogen-bond donors (Lipinski definition) is 1. The molecule has 114 valence electrons. The van der Waals surface area contributed by atoms with Gasteiger partial charge in [-0.05, 0) is 48.0 Å². The Morgan fingerprint density at radius 3 is 2.71 bits per heavy atom. The molecule has 0 spiro atoms. The highest BCUT2D eigenvalue weighted by Crippen LogP contribution is 2.23. The van der Waals surface area contributed by atoms with Crippen LogP contribution < -0.4 is 5.32 Å². The second kappa shape index (κ2) is 7.42. The lowest BCUT2D eigenvalue weighted by Gasteiger charge is -2.18. The van der Waals surface area contributed by atoms with Crippen molar-refractivity contribution in [3.63, 3.8) is 0 Å². The number of aromatic nitrogens is 1. The van der Waals surface area contributed by atoms with E-state index in [1.54, 1.807) is 11.3 Å². The molecule has 6 heteroatoms. The third-order valence-corrected chi connectivity index (χ3v) is 4.77. The van der Waals surface area contributed by atoms with Crippen molar-refractivity contribution in [3.05, 3.63) is 49.9 Å². The predicted molar refractivity (Wildman–Crippen MR) is 85.8 cm³/mol. The molecule has 0 saturated heterocycles. The summed E-state index contributed by atoms with van der Waals surface area (Å²) in [5.74, 6) is -1.03. The maximum Gasteiger partial charge on any atom is 0.143 e. The number of aryl methyl sites for hydroxylation is 1. The molecule has 1 aromatic heterocycles. The summed E-state index contributed by atoms with van der Waals surface area (Å²) in [5, 5.41) is 6.25. The Labute approximate surface area is 135 Å². The van der Waals surface area contributed by atoms with Crippen LogP contribution in [0.2, 0.25) is 0 Å². The Bertz CT molecular complexity index is 616. The van der Waals surface area contributed by atoms with Crippen LogP contribution in [0, 0.1) is 18.6 Å². The average Bonchev–Trinajstić information content (AvgIpc) is 2.84. The molecule has 2 nitrogen and oxygen atoms in total. The molecule has 2 rings (SSSR count). The second-order valence-electron chi connectivity index (χ2n) is 4.87. The van der Waals surface area contributed by atoms with Crippen LogP contribution in [0.25, 0.3) is 0 Å². The summed E-state index contributed by atoms with van der Waals surface area (Å²) in [7, 11) is 0. The summed E-state index contributed by atoms with van der Waals surface area (Å²) in [6, 6.07) is 2.64. The molecule has 1 unspecified atom stereocenters. The smallest absolute Gasteiger partial charge is 0.143 e. The van der Waals surface area contributed by atoms with Crippen molar-refractivity contribution in [1.82, 2.24) is 10.3 Å². The first-order valence-corrected chi connectivity index (χ1v) is 8.45. The van der Waals surface area contributed by atoms with Crippen molar-refractivity contribution >= 4 is 27.3 Å². The van der Waals surface area contributed by atoms with Gasteiger partial charge in [0.15, 0.2) is 0 Å². The molecular weight excluding hydrogens is 358 g/mol. The first-order valence-electron chi connectivity index (χ1n) is 6.78. The van der Waals surface area contributed by atoms with Gasteiger partial charge in [0.2, 0.25) is 0 Å². The van der Waals surface area contributed by atoms with Gasteiger partial charge in [0.1, 0.15) is 11.6 Å². The maximum absolute atomic E-state index is 14.1. The standard InChI is InChI=1S/C15H17BrF2N2S/c1-3-19-10(7-14-20-9(2)8-21-14)6-11-13(17)5-4-12(16)15(11)18/h4-5,8,10,19H,3,6-7H2,1-2H3. The second-order valence-corrected chi connectivity index (χ2v) is 6.66. The summed E-state index contributed by atoms with van der Waals surface area (Å²) < 4.78 is 28.2. The Hall–Kier alpha value is -0.850. The van der Waals surface area contributed by atoms with E-state index < -0.39 is 11.6 Å². The maximum atomic E-state index is 14.1. The highest BCUT2D eigenvalue weighted by molar-refractivity contribution is 9.10. The van der Waals surface area contributed by atoms with Crippen LogP contribution in [0.15, 0.2) is 22.0 Å². The molecule has 0 aliphatic carbocycles. The number of hydrogen-bond acceptors (Lipinski definition) is 3. The molecule has 0 amide bonds. The van der Waals surface area contributed by atoms with Gasteiger partial charge in [-0.15, -0.1) is 11.3 Å². The molecule has 0 saturated carbocycles. The number of thiazole rings is 1. The van der Waals surface area contributed by atoms with Crippen LogP contribution >= 0.6 is 27.3 Å². The summed E-state index contributed by atoms with van der Waals surface area (Å²) in [6.45, 7) is 4.66. The largest absolute Gasteiger partial charge is 0.314 e. The summed E-state index contributed by atoms with van der Waals surface area (Å²) in [6.07, 6.45) is 0.960. The number of halogens is 3. The molecule has 2 aromatic rings. The Kier molecular flexibility index (Phi) is 5.84. The Morgan fingerprint density at radius 1 is 1.33 bits per heavy atom. The first kappa shape index (κ1) is 16.5. The van der Waals surface area contributed by atoms with Crippen molar-refractivity contribution in [3.8, 4) is 0 Å². The lowest BCUT2D eigenvalue weighted by Crippen LogP contribution is -2.33. The zero-order chi connectivity index (χ0) is 15.4. The van der Waals surface area contributed by atoms with E-state index >= 15 is 0 Å². The molecule has 1 N–H and O–H groups in total. The van der Waals surface area contributed by atoms with E-state index in [0.29, 0.717) is 17.3 Å². The van der Waals surface area contributed by atoms with Gasteiger partial charge in [-0.2, -0.15) is 0 Å². The van der Waals surface area contributed by atoms with Gasteiger partial charge in [-0.3, -0.25) is 0 Å². The van der Waals surface area contributed by atoms with Gasteiger partial charge in [0, 0.05) is 29.1 Å². The van der Waals surface area contributed by atoms with Gasteiger partial charge >= 0.3 is 0 Å². The third kappa shape index (κ3) is 4.31. The molecule has 0 radical (unpaired) electrons. The third-order valence-electron chi connectivity index (χ3n) is 3.17. The first-order chi connectivity index (χ1) is 10.0. The van der Waals surface area contributed by atoms with E-state index in [2.05, 4.69) is 26.2 Å². The Balaban J connectivity index is 2.18. The van der Waals surface area contributed by atoms with Crippen LogP contribution in [-0.4, -0.2) is 17.6 Å². The molecule has 21 heavy (non-hydrogen) atoms. The van der Waals surface area contributed by atoms with E-state index in [9.17, 15) is 8.78 Å². The monoisotopic (exact) mass is 374 g/mol. The number of benzene rings is 1. The normalized spacial score (nSPS) is 12.6. The fourth-order valence-corrected chi connectivity index (χ4v) is 3.44. The zero-order valence-electron chi connectivity index (χ0n) is 11.9. The number of nitrogens with zero attached hydrogens (tertiary/aromatic N) is 1. The highest BCUT2D eigenvalue weighted by Gasteiger charge is 2.18. The SMILES string of the molecule is CCNC(Cc1nc(C)cs1)Cc1c(F)ccc(Br)c1F. The number of rotatable bonds is 6. The minimum atomic E-state index is -0.520. The van der Waals surface area contributed by atoms with Gasteiger partial charge < -0.3 is 5.32 Å². The van der Waals surface area contributed by atoms with E-state index in [0.717, 1.165) is 17.2 Å². The van der Waals surface area contributed by atoms with Crippen LogP contribution in [0.4, 0.5) is 8.78 Å². The van der Waals surface area contributed by atoms with Crippen molar-refractivity contribution in [2.24, 2.45) is 0 Å². The highest BCUT2D eigenvalue weighted by atomic mass is 79.9. The quantitative estimate of drug-likeness (QED) is 0.764. The minimum Gasteiger partial charge on any atom is -0.314 e. The zero-order valence-corrected chi connectivity index (χ0v) is 14.3. The van der Waals surface area contributed by atoms with E-state index in [1.165, 1.54) is 12.1 Å². The van der Waals surface area contributed by atoms with Crippen LogP contribution in [0.1, 0.15) is 23.2 Å². The molecule has 0 aliphatic heterocycles. The summed E-state index contributed by atoms with van der Waals surface area (Å²) >= 11 is 4.68. The molecule has 1 aromatic carbocycles.